The molecule has 0 radical (unpaired) electrons. The molecule has 2 fully saturated rings. The van der Waals surface area contributed by atoms with Gasteiger partial charge < -0.3 is 26.8 Å². The van der Waals surface area contributed by atoms with Gasteiger partial charge in [0, 0.05) is 4.75 Å². The molecule has 0 aromatic rings. The van der Waals surface area contributed by atoms with Crippen LogP contribution in [0.4, 0.5) is 9.59 Å². The van der Waals surface area contributed by atoms with Gasteiger partial charge in [-0.05, 0) is 13.8 Å². The third-order valence-corrected chi connectivity index (χ3v) is 5.38. The first kappa shape index (κ1) is 18.6. The van der Waals surface area contributed by atoms with Gasteiger partial charge in [-0.25, -0.2) is 24.8 Å². The molecule has 2 rings (SSSR count). The minimum atomic E-state index is -1.12. The van der Waals surface area contributed by atoms with Gasteiger partial charge in [0.15, 0.2) is 0 Å². The van der Waals surface area contributed by atoms with E-state index in [9.17, 15) is 29.1 Å². The summed E-state index contributed by atoms with van der Waals surface area (Å²) >= 11 is 1.26. The molecule has 0 spiro atoms. The van der Waals surface area contributed by atoms with Gasteiger partial charge in [0.05, 0.1) is 0 Å². The predicted molar refractivity (Wildman–Crippen MR) is 84.7 cm³/mol. The van der Waals surface area contributed by atoms with Gasteiger partial charge in [-0.3, -0.25) is 9.59 Å². The minimum Gasteiger partial charge on any atom is -0.480 e. The second-order valence-corrected chi connectivity index (χ2v) is 7.81. The van der Waals surface area contributed by atoms with E-state index in [-0.39, 0.29) is 0 Å². The molecule has 138 valence electrons. The van der Waals surface area contributed by atoms with Gasteiger partial charge in [0.25, 0.3) is 0 Å². The number of carboxylic acid groups (broad SMARTS) is 1. The molecule has 0 aliphatic carbocycles. The van der Waals surface area contributed by atoms with Crippen molar-refractivity contribution in [1.82, 2.24) is 20.7 Å². The van der Waals surface area contributed by atoms with Gasteiger partial charge in [0.2, 0.25) is 11.8 Å². The first-order valence-electron chi connectivity index (χ1n) is 7.11. The molecule has 0 aromatic carbocycles. The van der Waals surface area contributed by atoms with Gasteiger partial charge in [-0.2, -0.15) is 0 Å². The zero-order valence-corrected chi connectivity index (χ0v) is 14.2. The Kier molecular flexibility index (Phi) is 4.70. The van der Waals surface area contributed by atoms with E-state index < -0.39 is 58.6 Å². The zero-order chi connectivity index (χ0) is 19.1. The van der Waals surface area contributed by atoms with Crippen LogP contribution in [0.3, 0.4) is 0 Å². The fourth-order valence-electron chi connectivity index (χ4n) is 2.81. The van der Waals surface area contributed by atoms with Crippen molar-refractivity contribution in [2.24, 2.45) is 11.5 Å². The van der Waals surface area contributed by atoms with E-state index >= 15 is 0 Å². The third kappa shape index (κ3) is 3.40. The Labute approximate surface area is 146 Å². The second-order valence-electron chi connectivity index (χ2n) is 6.04. The van der Waals surface area contributed by atoms with E-state index in [4.69, 9.17) is 11.5 Å². The van der Waals surface area contributed by atoms with Crippen LogP contribution in [-0.4, -0.2) is 73.6 Å². The number of carboxylic acids is 1. The highest BCUT2D eigenvalue weighted by atomic mass is 32.2. The fraction of sp³-hybridized carbons (Fsp3) is 0.583. The van der Waals surface area contributed by atoms with Crippen LogP contribution in [0.5, 0.6) is 0 Å². The zero-order valence-electron chi connectivity index (χ0n) is 13.4. The number of thioether (sulfide) groups is 1. The number of primary amides is 2. The number of β-lactam (4-membered cyclic amide) rings is 1. The van der Waals surface area contributed by atoms with Crippen LogP contribution in [0.25, 0.3) is 0 Å². The van der Waals surface area contributed by atoms with Gasteiger partial charge in [-0.1, -0.05) is 0 Å². The predicted octanol–water partition coefficient (Wildman–Crippen LogP) is -2.42. The molecule has 2 saturated heterocycles. The lowest BCUT2D eigenvalue weighted by molar-refractivity contribution is -0.161. The molecule has 2 aliphatic rings. The van der Waals surface area contributed by atoms with E-state index in [0.717, 1.165) is 0 Å². The molecular weight excluding hydrogens is 356 g/mol. The molecule has 2 aliphatic heterocycles. The maximum absolute atomic E-state index is 12.2. The Hall–Kier alpha value is -2.70. The summed E-state index contributed by atoms with van der Waals surface area (Å²) < 4.78 is -0.724. The number of nitrogens with one attached hydrogen (secondary N) is 2. The molecule has 3 atom stereocenters. The second kappa shape index (κ2) is 6.31. The number of carbonyl (C=O) groups is 5. The highest BCUT2D eigenvalue weighted by Crippen LogP contribution is 2.50. The number of amides is 6. The Morgan fingerprint density at radius 1 is 1.32 bits per heavy atom. The summed E-state index contributed by atoms with van der Waals surface area (Å²) in [5.41, 5.74) is 11.7. The van der Waals surface area contributed by atoms with E-state index in [2.05, 4.69) is 5.32 Å². The van der Waals surface area contributed by atoms with Crippen molar-refractivity contribution in [3.63, 3.8) is 0 Å². The quantitative estimate of drug-likeness (QED) is 0.267. The Morgan fingerprint density at radius 2 is 1.92 bits per heavy atom. The van der Waals surface area contributed by atoms with Crippen molar-refractivity contribution in [2.45, 2.75) is 36.1 Å². The van der Waals surface area contributed by atoms with Crippen LogP contribution in [0.2, 0.25) is 0 Å². The van der Waals surface area contributed by atoms with E-state index in [1.165, 1.54) is 16.7 Å². The number of urea groups is 2. The molecule has 0 aromatic heterocycles. The normalized spacial score (nSPS) is 26.2. The Balaban J connectivity index is 2.02. The summed E-state index contributed by atoms with van der Waals surface area (Å²) in [4.78, 5) is 58.7. The first-order valence-corrected chi connectivity index (χ1v) is 7.99. The number of rotatable bonds is 4. The van der Waals surface area contributed by atoms with E-state index in [0.29, 0.717) is 5.01 Å². The maximum atomic E-state index is 12.2. The van der Waals surface area contributed by atoms with Crippen molar-refractivity contribution in [1.29, 1.82) is 0 Å². The highest BCUT2D eigenvalue weighted by Gasteiger charge is 2.64. The van der Waals surface area contributed by atoms with Gasteiger partial charge >= 0.3 is 18.0 Å². The number of nitrogens with two attached hydrogens (primary N) is 2. The average molecular weight is 374 g/mol. The molecular formula is C12H18N6O6S. The van der Waals surface area contributed by atoms with Gasteiger partial charge in [0.1, 0.15) is 24.0 Å². The minimum absolute atomic E-state index is 0.490. The summed E-state index contributed by atoms with van der Waals surface area (Å²) in [6.45, 7) is 2.75. The smallest absolute Gasteiger partial charge is 0.334 e. The molecule has 12 nitrogen and oxygen atoms in total. The number of nitrogens with zero attached hydrogens (tertiary/aromatic N) is 2. The third-order valence-electron chi connectivity index (χ3n) is 3.80. The van der Waals surface area contributed by atoms with Crippen LogP contribution in [-0.2, 0) is 14.4 Å². The molecule has 25 heavy (non-hydrogen) atoms. The monoisotopic (exact) mass is 374 g/mol. The van der Waals surface area contributed by atoms with Crippen molar-refractivity contribution in [2.75, 3.05) is 6.54 Å². The molecule has 13 heteroatoms. The maximum Gasteiger partial charge on any atom is 0.334 e. The van der Waals surface area contributed by atoms with Crippen LogP contribution in [0.15, 0.2) is 0 Å². The topological polar surface area (TPSA) is 188 Å². The van der Waals surface area contributed by atoms with Gasteiger partial charge in [-0.15, -0.1) is 11.8 Å². The highest BCUT2D eigenvalue weighted by molar-refractivity contribution is 8.01. The average Bonchev–Trinajstić information content (AvgIpc) is 2.72. The first-order chi connectivity index (χ1) is 11.5. The van der Waals surface area contributed by atoms with Crippen molar-refractivity contribution in [3.8, 4) is 0 Å². The summed E-state index contributed by atoms with van der Waals surface area (Å²) in [6, 6.07) is -4.13. The SMILES string of the molecule is CC1(C)S[C@@H]2[C@H](NC(=O)CN(NC(N)=O)C(N)=O)C(=O)N2[C@H]1C(=O)O. The summed E-state index contributed by atoms with van der Waals surface area (Å²) in [6.07, 6.45) is 0. The molecule has 2 heterocycles. The standard InChI is InChI=1S/C12H18N6O6S/c1-12(2)6(9(21)22)18-7(20)5(8(18)25-12)15-4(19)3-17(11(14)24)16-10(13)23/h5-6,8H,3H2,1-2H3,(H2,14,24)(H,15,19)(H,21,22)(H3,13,16,23)/t5-,6+,8-/m1/s1. The van der Waals surface area contributed by atoms with E-state index in [1.54, 1.807) is 13.8 Å². The number of carbonyl (C=O) groups excluding carboxylic acids is 4. The Bertz CT molecular complexity index is 654. The summed E-state index contributed by atoms with van der Waals surface area (Å²) in [5.74, 6) is -2.41. The lowest BCUT2D eigenvalue weighted by Crippen LogP contribution is -2.71. The van der Waals surface area contributed by atoms with E-state index in [1.807, 2.05) is 5.43 Å². The molecule has 0 saturated carbocycles. The largest absolute Gasteiger partial charge is 0.480 e. The van der Waals surface area contributed by atoms with Crippen LogP contribution in [0.1, 0.15) is 13.8 Å². The van der Waals surface area contributed by atoms with Crippen molar-refractivity contribution >= 4 is 41.6 Å². The number of hydrogen-bond acceptors (Lipinski definition) is 6. The van der Waals surface area contributed by atoms with Crippen LogP contribution < -0.4 is 22.2 Å². The van der Waals surface area contributed by atoms with Crippen LogP contribution >= 0.6 is 11.8 Å². The molecule has 7 N–H and O–H groups in total. The number of hydrogen-bond donors (Lipinski definition) is 5. The van der Waals surface area contributed by atoms with Crippen molar-refractivity contribution in [3.05, 3.63) is 0 Å². The lowest BCUT2D eigenvalue weighted by atomic mass is 9.96. The van der Waals surface area contributed by atoms with Crippen molar-refractivity contribution < 1.29 is 29.1 Å². The molecule has 0 unspecified atom stereocenters. The molecule has 0 bridgehead atoms. The number of aliphatic carboxylic acids is 1. The Morgan fingerprint density at radius 3 is 2.40 bits per heavy atom. The number of fused-ring (bicyclic) bond motifs is 1. The molecule has 6 amide bonds. The fourth-order valence-corrected chi connectivity index (χ4v) is 4.44. The summed E-state index contributed by atoms with van der Waals surface area (Å²) in [5, 5.41) is 11.7. The lowest BCUT2D eigenvalue weighted by Gasteiger charge is -2.43. The summed E-state index contributed by atoms with van der Waals surface area (Å²) in [7, 11) is 0. The number of hydrazine groups is 1. The van der Waals surface area contributed by atoms with Crippen LogP contribution in [0, 0.1) is 0 Å².